The number of piperidine rings is 1. The van der Waals surface area contributed by atoms with Gasteiger partial charge in [-0.2, -0.15) is 0 Å². The molecule has 1 nitrogen and oxygen atoms in total. The highest BCUT2D eigenvalue weighted by Crippen LogP contribution is 2.31. The van der Waals surface area contributed by atoms with Crippen LogP contribution in [0.15, 0.2) is 22.7 Å². The third kappa shape index (κ3) is 3.35. The van der Waals surface area contributed by atoms with E-state index in [0.29, 0.717) is 6.04 Å². The monoisotopic (exact) mass is 309 g/mol. The third-order valence-corrected chi connectivity index (χ3v) is 3.60. The highest BCUT2D eigenvalue weighted by Gasteiger charge is 2.16. The summed E-state index contributed by atoms with van der Waals surface area (Å²) >= 11 is 9.55. The van der Waals surface area contributed by atoms with Gasteiger partial charge in [0.1, 0.15) is 0 Å². The van der Waals surface area contributed by atoms with Gasteiger partial charge in [-0.1, -0.05) is 34.0 Å². The van der Waals surface area contributed by atoms with Gasteiger partial charge in [-0.05, 0) is 43.1 Å². The Hall–Kier alpha value is 0.240. The van der Waals surface area contributed by atoms with Gasteiger partial charge < -0.3 is 5.32 Å². The molecule has 1 heterocycles. The molecule has 1 aliphatic heterocycles. The first kappa shape index (κ1) is 13.3. The molecular weight excluding hydrogens is 297 g/mol. The van der Waals surface area contributed by atoms with E-state index in [9.17, 15) is 0 Å². The molecule has 1 aromatic carbocycles. The fourth-order valence-corrected chi connectivity index (χ4v) is 2.60. The molecular formula is C11H14BrCl2N. The van der Waals surface area contributed by atoms with Crippen molar-refractivity contribution in [3.05, 3.63) is 33.3 Å². The SMILES string of the molecule is Cl.Clc1ccc(Br)c([C@@H]2CCCCN2)c1. The molecule has 1 N–H and O–H groups in total. The van der Waals surface area contributed by atoms with Crippen molar-refractivity contribution in [1.82, 2.24) is 5.32 Å². The second-order valence-electron chi connectivity index (χ2n) is 3.67. The zero-order chi connectivity index (χ0) is 9.97. The summed E-state index contributed by atoms with van der Waals surface area (Å²) in [5, 5.41) is 4.33. The minimum atomic E-state index is 0. The van der Waals surface area contributed by atoms with Gasteiger partial charge >= 0.3 is 0 Å². The maximum Gasteiger partial charge on any atom is 0.0410 e. The molecule has 1 aromatic rings. The summed E-state index contributed by atoms with van der Waals surface area (Å²) in [5.41, 5.74) is 1.29. The molecule has 1 fully saturated rings. The van der Waals surface area contributed by atoms with Crippen molar-refractivity contribution in [3.8, 4) is 0 Å². The molecule has 0 radical (unpaired) electrons. The number of rotatable bonds is 1. The van der Waals surface area contributed by atoms with E-state index in [1.165, 1.54) is 24.8 Å². The van der Waals surface area contributed by atoms with Crippen molar-refractivity contribution in [2.24, 2.45) is 0 Å². The third-order valence-electron chi connectivity index (χ3n) is 2.64. The number of hydrogen-bond donors (Lipinski definition) is 1. The van der Waals surface area contributed by atoms with E-state index in [0.717, 1.165) is 16.0 Å². The van der Waals surface area contributed by atoms with E-state index >= 15 is 0 Å². The summed E-state index contributed by atoms with van der Waals surface area (Å²) in [7, 11) is 0. The van der Waals surface area contributed by atoms with Crippen molar-refractivity contribution < 1.29 is 0 Å². The molecule has 4 heteroatoms. The first-order valence-electron chi connectivity index (χ1n) is 4.96. The minimum absolute atomic E-state index is 0. The lowest BCUT2D eigenvalue weighted by molar-refractivity contribution is 0.411. The largest absolute Gasteiger partial charge is 0.310 e. The summed E-state index contributed by atoms with van der Waals surface area (Å²) in [6, 6.07) is 6.46. The number of hydrogen-bond acceptors (Lipinski definition) is 1. The Morgan fingerprint density at radius 1 is 1.33 bits per heavy atom. The Kier molecular flexibility index (Phi) is 5.41. The molecule has 0 amide bonds. The van der Waals surface area contributed by atoms with Crippen molar-refractivity contribution in [2.45, 2.75) is 25.3 Å². The summed E-state index contributed by atoms with van der Waals surface area (Å²) in [6.45, 7) is 1.11. The molecule has 0 spiro atoms. The predicted octanol–water partition coefficient (Wildman–Crippen LogP) is 4.34. The molecule has 0 bridgehead atoms. The average molecular weight is 311 g/mol. The zero-order valence-corrected chi connectivity index (χ0v) is 11.5. The van der Waals surface area contributed by atoms with Crippen LogP contribution in [0.4, 0.5) is 0 Å². The van der Waals surface area contributed by atoms with Gasteiger partial charge in [0, 0.05) is 15.5 Å². The quantitative estimate of drug-likeness (QED) is 0.813. The summed E-state index contributed by atoms with van der Waals surface area (Å²) in [6.07, 6.45) is 3.80. The Labute approximate surface area is 110 Å². The molecule has 1 aliphatic rings. The minimum Gasteiger partial charge on any atom is -0.310 e. The van der Waals surface area contributed by atoms with Gasteiger partial charge in [0.15, 0.2) is 0 Å². The van der Waals surface area contributed by atoms with Gasteiger partial charge in [-0.15, -0.1) is 12.4 Å². The van der Waals surface area contributed by atoms with Crippen LogP contribution >= 0.6 is 39.9 Å². The standard InChI is InChI=1S/C11H13BrClN.ClH/c12-10-5-4-8(13)7-9(10)11-3-1-2-6-14-11;/h4-5,7,11,14H,1-3,6H2;1H/t11-;/m0./s1. The number of nitrogens with one attached hydrogen (secondary N) is 1. The molecule has 0 saturated carbocycles. The molecule has 1 saturated heterocycles. The van der Waals surface area contributed by atoms with Crippen LogP contribution in [0.3, 0.4) is 0 Å². The van der Waals surface area contributed by atoms with Crippen LogP contribution in [0, 0.1) is 0 Å². The van der Waals surface area contributed by atoms with Gasteiger partial charge in [0.05, 0.1) is 0 Å². The maximum atomic E-state index is 5.99. The molecule has 0 unspecified atom stereocenters. The molecule has 1 atom stereocenters. The highest BCUT2D eigenvalue weighted by atomic mass is 79.9. The van der Waals surface area contributed by atoms with Gasteiger partial charge in [-0.25, -0.2) is 0 Å². The van der Waals surface area contributed by atoms with E-state index < -0.39 is 0 Å². The van der Waals surface area contributed by atoms with Crippen molar-refractivity contribution >= 4 is 39.9 Å². The van der Waals surface area contributed by atoms with Crippen LogP contribution in [0.1, 0.15) is 30.9 Å². The Morgan fingerprint density at radius 2 is 2.13 bits per heavy atom. The number of halogens is 3. The molecule has 84 valence electrons. The topological polar surface area (TPSA) is 12.0 Å². The number of benzene rings is 1. The normalized spacial score (nSPS) is 20.8. The van der Waals surface area contributed by atoms with Crippen LogP contribution in [0.25, 0.3) is 0 Å². The average Bonchev–Trinajstić information content (AvgIpc) is 2.23. The summed E-state index contributed by atoms with van der Waals surface area (Å²) < 4.78 is 1.15. The van der Waals surface area contributed by atoms with Crippen molar-refractivity contribution in [2.75, 3.05) is 6.54 Å². The lowest BCUT2D eigenvalue weighted by Crippen LogP contribution is -2.26. The smallest absolute Gasteiger partial charge is 0.0410 e. The van der Waals surface area contributed by atoms with Gasteiger partial charge in [-0.3, -0.25) is 0 Å². The Morgan fingerprint density at radius 3 is 2.80 bits per heavy atom. The Balaban J connectivity index is 0.00000112. The first-order valence-corrected chi connectivity index (χ1v) is 6.13. The maximum absolute atomic E-state index is 5.99. The van der Waals surface area contributed by atoms with E-state index in [1.54, 1.807) is 0 Å². The van der Waals surface area contributed by atoms with Gasteiger partial charge in [0.2, 0.25) is 0 Å². The van der Waals surface area contributed by atoms with E-state index in [2.05, 4.69) is 27.3 Å². The predicted molar refractivity (Wildman–Crippen MR) is 71.0 cm³/mol. The zero-order valence-electron chi connectivity index (χ0n) is 8.30. The van der Waals surface area contributed by atoms with Crippen LogP contribution in [-0.2, 0) is 0 Å². The lowest BCUT2D eigenvalue weighted by atomic mass is 9.98. The summed E-state index contributed by atoms with van der Waals surface area (Å²) in [5.74, 6) is 0. The van der Waals surface area contributed by atoms with Crippen molar-refractivity contribution in [1.29, 1.82) is 0 Å². The molecule has 2 rings (SSSR count). The second-order valence-corrected chi connectivity index (χ2v) is 4.96. The van der Waals surface area contributed by atoms with Crippen LogP contribution in [0.2, 0.25) is 5.02 Å². The van der Waals surface area contributed by atoms with Gasteiger partial charge in [0.25, 0.3) is 0 Å². The molecule has 0 aromatic heterocycles. The summed E-state index contributed by atoms with van der Waals surface area (Å²) in [4.78, 5) is 0. The lowest BCUT2D eigenvalue weighted by Gasteiger charge is -2.24. The van der Waals surface area contributed by atoms with Crippen LogP contribution in [0.5, 0.6) is 0 Å². The van der Waals surface area contributed by atoms with E-state index in [1.807, 2.05) is 12.1 Å². The fraction of sp³-hybridized carbons (Fsp3) is 0.455. The van der Waals surface area contributed by atoms with Crippen LogP contribution < -0.4 is 5.32 Å². The first-order chi connectivity index (χ1) is 6.77. The van der Waals surface area contributed by atoms with E-state index in [-0.39, 0.29) is 12.4 Å². The van der Waals surface area contributed by atoms with E-state index in [4.69, 9.17) is 11.6 Å². The second kappa shape index (κ2) is 6.09. The van der Waals surface area contributed by atoms with Crippen molar-refractivity contribution in [3.63, 3.8) is 0 Å². The Bertz CT molecular complexity index is 324. The fourth-order valence-electron chi connectivity index (χ4n) is 1.90. The molecule has 0 aliphatic carbocycles. The van der Waals surface area contributed by atoms with Crippen LogP contribution in [-0.4, -0.2) is 6.54 Å². The molecule has 15 heavy (non-hydrogen) atoms. The highest BCUT2D eigenvalue weighted by molar-refractivity contribution is 9.10.